The predicted octanol–water partition coefficient (Wildman–Crippen LogP) is 4.37. The van der Waals surface area contributed by atoms with E-state index in [1.54, 1.807) is 17.6 Å². The van der Waals surface area contributed by atoms with Gasteiger partial charge in [-0.25, -0.2) is 19.7 Å². The van der Waals surface area contributed by atoms with Crippen molar-refractivity contribution in [3.05, 3.63) is 55.0 Å². The second-order valence-corrected chi connectivity index (χ2v) is 8.84. The van der Waals surface area contributed by atoms with Crippen LogP contribution >= 0.6 is 0 Å². The van der Waals surface area contributed by atoms with Crippen LogP contribution in [0.25, 0.3) is 22.1 Å². The molecule has 0 fully saturated rings. The average molecular weight is 432 g/mol. The van der Waals surface area contributed by atoms with Crippen LogP contribution in [0.2, 0.25) is 0 Å². The lowest BCUT2D eigenvalue weighted by molar-refractivity contribution is 0.0270. The maximum Gasteiger partial charge on any atom is 0.410 e. The summed E-state index contributed by atoms with van der Waals surface area (Å²) < 4.78 is 7.43. The van der Waals surface area contributed by atoms with Gasteiger partial charge in [0.1, 0.15) is 23.4 Å². The number of rotatable bonds is 3. The van der Waals surface area contributed by atoms with Crippen molar-refractivity contribution in [3.8, 4) is 0 Å². The molecule has 0 spiro atoms. The number of ether oxygens (including phenoxy) is 1. The van der Waals surface area contributed by atoms with E-state index in [2.05, 4.69) is 37.4 Å². The molecule has 0 saturated carbocycles. The molecule has 9 nitrogen and oxygen atoms in total. The lowest BCUT2D eigenvalue weighted by Crippen LogP contribution is -2.39. The number of aromatic nitrogens is 5. The van der Waals surface area contributed by atoms with Gasteiger partial charge in [-0.2, -0.15) is 0 Å². The Balaban J connectivity index is 1.37. The summed E-state index contributed by atoms with van der Waals surface area (Å²) in [6.07, 6.45) is 9.59. The zero-order valence-electron chi connectivity index (χ0n) is 18.3. The van der Waals surface area contributed by atoms with Crippen molar-refractivity contribution in [1.82, 2.24) is 29.2 Å². The number of hydrogen-bond donors (Lipinski definition) is 2. The smallest absolute Gasteiger partial charge is 0.410 e. The number of amides is 1. The van der Waals surface area contributed by atoms with Crippen LogP contribution in [0.15, 0.2) is 49.3 Å². The van der Waals surface area contributed by atoms with Crippen LogP contribution in [0.3, 0.4) is 0 Å². The summed E-state index contributed by atoms with van der Waals surface area (Å²) in [7, 11) is 0. The van der Waals surface area contributed by atoms with Gasteiger partial charge in [0.25, 0.3) is 0 Å². The lowest BCUT2D eigenvalue weighted by Gasteiger charge is -2.29. The van der Waals surface area contributed by atoms with Crippen LogP contribution in [-0.2, 0) is 4.74 Å². The van der Waals surface area contributed by atoms with Crippen LogP contribution < -0.4 is 5.32 Å². The van der Waals surface area contributed by atoms with Gasteiger partial charge >= 0.3 is 6.09 Å². The van der Waals surface area contributed by atoms with Gasteiger partial charge in [-0.3, -0.25) is 0 Å². The van der Waals surface area contributed by atoms with E-state index in [9.17, 15) is 4.79 Å². The molecule has 32 heavy (non-hydrogen) atoms. The minimum atomic E-state index is -0.497. The third-order valence-corrected chi connectivity index (χ3v) is 5.31. The quantitative estimate of drug-likeness (QED) is 0.499. The second-order valence-electron chi connectivity index (χ2n) is 8.84. The van der Waals surface area contributed by atoms with E-state index >= 15 is 0 Å². The monoisotopic (exact) mass is 431 g/mol. The number of carbonyl (C=O) groups is 1. The molecule has 9 heteroatoms. The molecule has 0 atom stereocenters. The van der Waals surface area contributed by atoms with E-state index < -0.39 is 5.60 Å². The summed E-state index contributed by atoms with van der Waals surface area (Å²) in [5.41, 5.74) is 4.32. The van der Waals surface area contributed by atoms with E-state index in [0.29, 0.717) is 13.1 Å². The number of imidazole rings is 1. The van der Waals surface area contributed by atoms with Crippen molar-refractivity contribution in [2.75, 3.05) is 18.4 Å². The van der Waals surface area contributed by atoms with Gasteiger partial charge in [-0.05, 0) is 51.0 Å². The Morgan fingerprint density at radius 1 is 1.25 bits per heavy atom. The van der Waals surface area contributed by atoms with E-state index in [1.807, 2.05) is 49.7 Å². The molecule has 1 aliphatic heterocycles. The number of nitrogens with one attached hydrogen (secondary N) is 2. The summed E-state index contributed by atoms with van der Waals surface area (Å²) >= 11 is 0. The zero-order valence-corrected chi connectivity index (χ0v) is 18.3. The molecule has 0 unspecified atom stereocenters. The predicted molar refractivity (Wildman–Crippen MR) is 123 cm³/mol. The van der Waals surface area contributed by atoms with E-state index in [1.165, 1.54) is 0 Å². The fourth-order valence-corrected chi connectivity index (χ4v) is 3.75. The molecule has 0 aromatic carbocycles. The minimum Gasteiger partial charge on any atom is -0.444 e. The van der Waals surface area contributed by atoms with Gasteiger partial charge < -0.3 is 24.3 Å². The SMILES string of the molecule is CC(C)(C)OC(=O)N1CC=C(c2cc3c(Nc4ccn5cncc5c4)ncnc3[nH]2)CC1. The molecule has 4 aromatic rings. The molecule has 5 heterocycles. The number of aromatic amines is 1. The Bertz CT molecular complexity index is 1330. The Morgan fingerprint density at radius 3 is 2.91 bits per heavy atom. The summed E-state index contributed by atoms with van der Waals surface area (Å²) in [6, 6.07) is 6.05. The van der Waals surface area contributed by atoms with Crippen molar-refractivity contribution in [2.45, 2.75) is 32.8 Å². The molecule has 1 aliphatic rings. The number of H-pyrrole nitrogens is 1. The fraction of sp³-hybridized carbons (Fsp3) is 0.304. The molecule has 0 saturated heterocycles. The number of pyridine rings is 1. The van der Waals surface area contributed by atoms with Gasteiger partial charge in [0, 0.05) is 30.7 Å². The van der Waals surface area contributed by atoms with Crippen molar-refractivity contribution in [1.29, 1.82) is 0 Å². The van der Waals surface area contributed by atoms with Gasteiger partial charge in [-0.1, -0.05) is 6.08 Å². The van der Waals surface area contributed by atoms with Crippen molar-refractivity contribution in [2.24, 2.45) is 0 Å². The third kappa shape index (κ3) is 4.01. The molecule has 2 N–H and O–H groups in total. The minimum absolute atomic E-state index is 0.281. The van der Waals surface area contributed by atoms with E-state index in [4.69, 9.17) is 4.74 Å². The van der Waals surface area contributed by atoms with Crippen molar-refractivity contribution >= 4 is 39.7 Å². The van der Waals surface area contributed by atoms with Gasteiger partial charge in [-0.15, -0.1) is 0 Å². The average Bonchev–Trinajstić information content (AvgIpc) is 3.40. The maximum atomic E-state index is 12.3. The molecule has 1 amide bonds. The Kier molecular flexibility index (Phi) is 4.80. The highest BCUT2D eigenvalue weighted by atomic mass is 16.6. The molecule has 0 radical (unpaired) electrons. The molecule has 4 aromatic heterocycles. The summed E-state index contributed by atoms with van der Waals surface area (Å²) in [5, 5.41) is 4.30. The standard InChI is InChI=1S/C23H25N7O2/c1-23(2,3)32-22(31)29-7-4-15(5-8-29)19-11-18-20(25-13-26-21(18)28-19)27-16-6-9-30-14-24-12-17(30)10-16/h4,6,9-14H,5,7-8H2,1-3H3,(H2,25,26,27,28). The molecule has 0 bridgehead atoms. The van der Waals surface area contributed by atoms with E-state index in [0.717, 1.165) is 45.7 Å². The first-order chi connectivity index (χ1) is 15.4. The van der Waals surface area contributed by atoms with Crippen molar-refractivity contribution < 1.29 is 9.53 Å². The van der Waals surface area contributed by atoms with Gasteiger partial charge in [0.15, 0.2) is 0 Å². The first kappa shape index (κ1) is 20.0. The number of anilines is 2. The van der Waals surface area contributed by atoms with Crippen LogP contribution in [0.5, 0.6) is 0 Å². The third-order valence-electron chi connectivity index (χ3n) is 5.31. The Morgan fingerprint density at radius 2 is 2.12 bits per heavy atom. The molecular formula is C23H25N7O2. The molecular weight excluding hydrogens is 406 g/mol. The first-order valence-electron chi connectivity index (χ1n) is 10.6. The highest BCUT2D eigenvalue weighted by Crippen LogP contribution is 2.29. The normalized spacial score (nSPS) is 14.6. The molecule has 164 valence electrons. The fourth-order valence-electron chi connectivity index (χ4n) is 3.75. The highest BCUT2D eigenvalue weighted by Gasteiger charge is 2.24. The van der Waals surface area contributed by atoms with Crippen LogP contribution in [0, 0.1) is 0 Å². The number of nitrogens with zero attached hydrogens (tertiary/aromatic N) is 5. The van der Waals surface area contributed by atoms with Gasteiger partial charge in [0.2, 0.25) is 0 Å². The van der Waals surface area contributed by atoms with Crippen molar-refractivity contribution in [3.63, 3.8) is 0 Å². The van der Waals surface area contributed by atoms with Crippen LogP contribution in [0.4, 0.5) is 16.3 Å². The van der Waals surface area contributed by atoms with Crippen LogP contribution in [-0.4, -0.2) is 54.0 Å². The summed E-state index contributed by atoms with van der Waals surface area (Å²) in [4.78, 5) is 30.4. The molecule has 0 aliphatic carbocycles. The highest BCUT2D eigenvalue weighted by molar-refractivity contribution is 5.92. The number of carbonyl (C=O) groups excluding carboxylic acids is 1. The number of fused-ring (bicyclic) bond motifs is 2. The zero-order chi connectivity index (χ0) is 22.3. The summed E-state index contributed by atoms with van der Waals surface area (Å²) in [5.74, 6) is 0.730. The first-order valence-corrected chi connectivity index (χ1v) is 10.6. The Labute approximate surface area is 185 Å². The summed E-state index contributed by atoms with van der Waals surface area (Å²) in [6.45, 7) is 6.75. The molecule has 5 rings (SSSR count). The maximum absolute atomic E-state index is 12.3. The van der Waals surface area contributed by atoms with Crippen LogP contribution in [0.1, 0.15) is 32.9 Å². The van der Waals surface area contributed by atoms with E-state index in [-0.39, 0.29) is 6.09 Å². The number of hydrogen-bond acceptors (Lipinski definition) is 6. The lowest BCUT2D eigenvalue weighted by atomic mass is 10.1. The second kappa shape index (κ2) is 7.67. The Hall–Kier alpha value is -3.88. The van der Waals surface area contributed by atoms with Gasteiger partial charge in [0.05, 0.1) is 23.4 Å². The largest absolute Gasteiger partial charge is 0.444 e. The topological polar surface area (TPSA) is 100 Å².